The van der Waals surface area contributed by atoms with E-state index in [1.165, 1.54) is 30.3 Å². The van der Waals surface area contributed by atoms with Crippen LogP contribution < -0.4 is 4.74 Å². The Kier molecular flexibility index (Phi) is 3.82. The van der Waals surface area contributed by atoms with Crippen molar-refractivity contribution in [1.82, 2.24) is 4.98 Å². The van der Waals surface area contributed by atoms with Gasteiger partial charge in [0.1, 0.15) is 42.9 Å². The topological polar surface area (TPSA) is 22.1 Å². The molecule has 2 aliphatic rings. The number of benzene rings is 1. The van der Waals surface area contributed by atoms with Crippen LogP contribution >= 0.6 is 0 Å². The molecule has 1 fully saturated rings. The number of pyridine rings is 1. The number of rotatable bonds is 5. The van der Waals surface area contributed by atoms with Crippen LogP contribution in [0, 0.1) is 5.82 Å². The molecule has 1 aromatic heterocycles. The fourth-order valence-electron chi connectivity index (χ4n) is 3.22. The first-order valence-corrected chi connectivity index (χ1v) is 8.37. The first-order chi connectivity index (χ1) is 12.4. The highest BCUT2D eigenvalue weighted by atomic mass is 19.1. The van der Waals surface area contributed by atoms with Crippen LogP contribution in [0.4, 0.5) is 17.6 Å². The van der Waals surface area contributed by atoms with Crippen LogP contribution in [0.5, 0.6) is 5.75 Å². The Balaban J connectivity index is 1.92. The van der Waals surface area contributed by atoms with Crippen LogP contribution in [-0.4, -0.2) is 30.6 Å². The van der Waals surface area contributed by atoms with Crippen molar-refractivity contribution in [3.8, 4) is 17.0 Å². The van der Waals surface area contributed by atoms with Crippen molar-refractivity contribution in [2.75, 3.05) is 20.0 Å². The number of ether oxygens (including phenoxy) is 1. The molecule has 1 saturated carbocycles. The van der Waals surface area contributed by atoms with Gasteiger partial charge in [-0.15, -0.1) is 0 Å². The fourth-order valence-corrected chi connectivity index (χ4v) is 3.22. The SMILES string of the molecule is C=C(c1cc2c(c(-c3ccc(F)cc3)n1)OCC2(CF)CF)C1(F)CC1. The molecule has 0 saturated heterocycles. The molecule has 0 N–H and O–H groups in total. The molecule has 2 nitrogen and oxygen atoms in total. The average molecular weight is 363 g/mol. The smallest absolute Gasteiger partial charge is 0.149 e. The summed E-state index contributed by atoms with van der Waals surface area (Å²) < 4.78 is 60.8. The number of nitrogens with zero attached hydrogens (tertiary/aromatic N) is 1. The lowest BCUT2D eigenvalue weighted by atomic mass is 9.83. The van der Waals surface area contributed by atoms with Gasteiger partial charge in [0.05, 0.1) is 11.1 Å². The summed E-state index contributed by atoms with van der Waals surface area (Å²) in [5, 5.41) is 0. The number of fused-ring (bicyclic) bond motifs is 1. The van der Waals surface area contributed by atoms with Gasteiger partial charge in [-0.3, -0.25) is 0 Å². The van der Waals surface area contributed by atoms with Crippen molar-refractivity contribution in [3.05, 3.63) is 54.0 Å². The largest absolute Gasteiger partial charge is 0.490 e. The molecule has 6 heteroatoms. The van der Waals surface area contributed by atoms with Crippen LogP contribution in [0.3, 0.4) is 0 Å². The van der Waals surface area contributed by atoms with Gasteiger partial charge in [-0.05, 0) is 43.2 Å². The van der Waals surface area contributed by atoms with E-state index in [-0.39, 0.29) is 23.6 Å². The maximum absolute atomic E-state index is 14.5. The zero-order valence-electron chi connectivity index (χ0n) is 14.0. The van der Waals surface area contributed by atoms with Crippen LogP contribution in [0.2, 0.25) is 0 Å². The summed E-state index contributed by atoms with van der Waals surface area (Å²) >= 11 is 0. The second-order valence-corrected chi connectivity index (χ2v) is 7.02. The van der Waals surface area contributed by atoms with Crippen molar-refractivity contribution >= 4 is 5.57 Å². The minimum atomic E-state index is -1.52. The number of halogens is 4. The van der Waals surface area contributed by atoms with E-state index in [2.05, 4.69) is 11.6 Å². The van der Waals surface area contributed by atoms with Gasteiger partial charge in [0.25, 0.3) is 0 Å². The van der Waals surface area contributed by atoms with Gasteiger partial charge in [-0.1, -0.05) is 6.58 Å². The summed E-state index contributed by atoms with van der Waals surface area (Å²) in [5.74, 6) is -0.165. The van der Waals surface area contributed by atoms with E-state index in [9.17, 15) is 17.6 Å². The molecule has 0 bridgehead atoms. The zero-order valence-corrected chi connectivity index (χ0v) is 14.0. The molecule has 136 valence electrons. The highest BCUT2D eigenvalue weighted by molar-refractivity contribution is 5.77. The van der Waals surface area contributed by atoms with E-state index in [0.29, 0.717) is 29.7 Å². The van der Waals surface area contributed by atoms with Gasteiger partial charge in [0, 0.05) is 16.7 Å². The molecular formula is C20H17F4NO. The first-order valence-electron chi connectivity index (χ1n) is 8.37. The predicted octanol–water partition coefficient (Wildman–Crippen LogP) is 4.97. The van der Waals surface area contributed by atoms with Gasteiger partial charge in [0.2, 0.25) is 0 Å². The molecule has 0 atom stereocenters. The third kappa shape index (κ3) is 2.50. The van der Waals surface area contributed by atoms with Crippen molar-refractivity contribution in [1.29, 1.82) is 0 Å². The Bertz CT molecular complexity index is 870. The van der Waals surface area contributed by atoms with E-state index in [0.717, 1.165) is 0 Å². The highest BCUT2D eigenvalue weighted by Gasteiger charge is 2.48. The van der Waals surface area contributed by atoms with Crippen molar-refractivity contribution in [2.45, 2.75) is 23.9 Å². The molecule has 2 aromatic rings. The number of hydrogen-bond acceptors (Lipinski definition) is 2. The molecule has 4 rings (SSSR count). The van der Waals surface area contributed by atoms with Crippen molar-refractivity contribution in [2.24, 2.45) is 0 Å². The molecule has 1 aromatic carbocycles. The van der Waals surface area contributed by atoms with Crippen molar-refractivity contribution in [3.63, 3.8) is 0 Å². The van der Waals surface area contributed by atoms with Gasteiger partial charge < -0.3 is 4.74 Å². The summed E-state index contributed by atoms with van der Waals surface area (Å²) in [5.41, 5.74) is -1.36. The molecule has 1 aliphatic heterocycles. The number of alkyl halides is 3. The quantitative estimate of drug-likeness (QED) is 0.700. The Morgan fingerprint density at radius 2 is 1.81 bits per heavy atom. The van der Waals surface area contributed by atoms with E-state index in [4.69, 9.17) is 4.74 Å². The molecule has 0 radical (unpaired) electrons. The normalized spacial score (nSPS) is 18.9. The van der Waals surface area contributed by atoms with E-state index in [1.54, 1.807) is 0 Å². The predicted molar refractivity (Wildman–Crippen MR) is 90.9 cm³/mol. The third-order valence-electron chi connectivity index (χ3n) is 5.21. The van der Waals surface area contributed by atoms with E-state index in [1.807, 2.05) is 0 Å². The van der Waals surface area contributed by atoms with Crippen molar-refractivity contribution < 1.29 is 22.3 Å². The second-order valence-electron chi connectivity index (χ2n) is 7.02. The summed E-state index contributed by atoms with van der Waals surface area (Å²) in [7, 11) is 0. The van der Waals surface area contributed by atoms with Crippen LogP contribution in [0.15, 0.2) is 36.9 Å². The summed E-state index contributed by atoms with van der Waals surface area (Å²) in [6, 6.07) is 7.00. The second kappa shape index (κ2) is 5.83. The maximum Gasteiger partial charge on any atom is 0.149 e. The highest BCUT2D eigenvalue weighted by Crippen LogP contribution is 2.51. The molecule has 0 amide bonds. The Morgan fingerprint density at radius 3 is 2.38 bits per heavy atom. The lowest BCUT2D eigenvalue weighted by Gasteiger charge is -2.21. The zero-order chi connectivity index (χ0) is 18.5. The minimum absolute atomic E-state index is 0.165. The van der Waals surface area contributed by atoms with Gasteiger partial charge in [-0.25, -0.2) is 22.5 Å². The maximum atomic E-state index is 14.5. The Labute approximate surface area is 148 Å². The summed E-state index contributed by atoms with van der Waals surface area (Å²) in [4.78, 5) is 4.45. The van der Waals surface area contributed by atoms with E-state index >= 15 is 0 Å². The Hall–Kier alpha value is -2.37. The van der Waals surface area contributed by atoms with Crippen LogP contribution in [-0.2, 0) is 5.41 Å². The number of allylic oxidation sites excluding steroid dienone is 1. The standard InChI is InChI=1S/C20H17F4NO/c1-12(20(24)6-7-20)16-8-15-18(26-11-19(15,9-21)10-22)17(25-16)13-2-4-14(23)5-3-13/h2-5,8H,1,6-7,9-11H2. The molecule has 0 unspecified atom stereocenters. The van der Waals surface area contributed by atoms with Crippen LogP contribution in [0.25, 0.3) is 16.8 Å². The lowest BCUT2D eigenvalue weighted by molar-refractivity contribution is 0.185. The number of hydrogen-bond donors (Lipinski definition) is 0. The lowest BCUT2D eigenvalue weighted by Crippen LogP contribution is -2.33. The molecule has 1 aliphatic carbocycles. The van der Waals surface area contributed by atoms with E-state index < -0.39 is 30.3 Å². The van der Waals surface area contributed by atoms with Gasteiger partial charge in [0.15, 0.2) is 0 Å². The van der Waals surface area contributed by atoms with Crippen LogP contribution in [0.1, 0.15) is 24.1 Å². The molecular weight excluding hydrogens is 346 g/mol. The minimum Gasteiger partial charge on any atom is -0.490 e. The first kappa shape index (κ1) is 17.1. The molecule has 26 heavy (non-hydrogen) atoms. The average Bonchev–Trinajstić information content (AvgIpc) is 3.30. The third-order valence-corrected chi connectivity index (χ3v) is 5.21. The molecule has 2 heterocycles. The summed E-state index contributed by atoms with van der Waals surface area (Å²) in [6.45, 7) is 1.75. The number of aromatic nitrogens is 1. The Morgan fingerprint density at radius 1 is 1.15 bits per heavy atom. The molecule has 0 spiro atoms. The monoisotopic (exact) mass is 363 g/mol. The fraction of sp³-hybridized carbons (Fsp3) is 0.350. The van der Waals surface area contributed by atoms with Gasteiger partial charge >= 0.3 is 0 Å². The van der Waals surface area contributed by atoms with Gasteiger partial charge in [-0.2, -0.15) is 0 Å². The summed E-state index contributed by atoms with van der Waals surface area (Å²) in [6.07, 6.45) is 0.703.